The second kappa shape index (κ2) is 9.48. The summed E-state index contributed by atoms with van der Waals surface area (Å²) in [7, 11) is 0. The van der Waals surface area contributed by atoms with Gasteiger partial charge in [-0.25, -0.2) is 4.79 Å². The molecule has 7 heteroatoms. The van der Waals surface area contributed by atoms with Crippen molar-refractivity contribution in [2.45, 2.75) is 33.1 Å². The van der Waals surface area contributed by atoms with Gasteiger partial charge in [0.25, 0.3) is 0 Å². The maximum Gasteiger partial charge on any atom is 0.321 e. The van der Waals surface area contributed by atoms with Crippen molar-refractivity contribution < 1.29 is 4.79 Å². The van der Waals surface area contributed by atoms with E-state index in [1.54, 1.807) is 12.4 Å². The van der Waals surface area contributed by atoms with Gasteiger partial charge >= 0.3 is 6.03 Å². The van der Waals surface area contributed by atoms with E-state index in [0.717, 1.165) is 23.4 Å². The quantitative estimate of drug-likeness (QED) is 0.704. The van der Waals surface area contributed by atoms with Crippen LogP contribution in [0.3, 0.4) is 0 Å². The van der Waals surface area contributed by atoms with E-state index in [1.807, 2.05) is 17.9 Å². The number of hydrogen-bond acceptors (Lipinski definition) is 3. The zero-order valence-corrected chi connectivity index (χ0v) is 17.9. The number of piperazine rings is 1. The number of aryl methyl sites for hydroxylation is 2. The van der Waals surface area contributed by atoms with Crippen LogP contribution in [-0.4, -0.2) is 42.1 Å². The Balaban J connectivity index is 1.58. The number of nitrogens with zero attached hydrogens (tertiary/aromatic N) is 3. The monoisotopic (exact) mass is 420 g/mol. The summed E-state index contributed by atoms with van der Waals surface area (Å²) in [6, 6.07) is 6.20. The molecule has 1 saturated heterocycles. The van der Waals surface area contributed by atoms with Crippen LogP contribution in [0.1, 0.15) is 30.9 Å². The van der Waals surface area contributed by atoms with Crippen molar-refractivity contribution in [2.75, 3.05) is 36.4 Å². The van der Waals surface area contributed by atoms with E-state index in [9.17, 15) is 4.79 Å². The molecule has 1 aromatic carbocycles. The SMILES string of the molecule is CCCCc1ccc(NC(=O)N2CCN(c3c(Cl)cncc3Cl)CC2)c(C)c1. The highest BCUT2D eigenvalue weighted by molar-refractivity contribution is 6.38. The van der Waals surface area contributed by atoms with Crippen LogP contribution in [0.25, 0.3) is 0 Å². The Hall–Kier alpha value is -1.98. The van der Waals surface area contributed by atoms with Gasteiger partial charge in [0.1, 0.15) is 0 Å². The summed E-state index contributed by atoms with van der Waals surface area (Å²) in [5, 5.41) is 4.11. The van der Waals surface area contributed by atoms with Gasteiger partial charge in [-0.05, 0) is 37.0 Å². The molecule has 2 heterocycles. The molecule has 0 aliphatic carbocycles. The van der Waals surface area contributed by atoms with Gasteiger partial charge in [-0.15, -0.1) is 0 Å². The zero-order chi connectivity index (χ0) is 20.1. The van der Waals surface area contributed by atoms with Gasteiger partial charge in [-0.1, -0.05) is 48.7 Å². The first-order chi connectivity index (χ1) is 13.5. The summed E-state index contributed by atoms with van der Waals surface area (Å²) in [4.78, 5) is 20.6. The van der Waals surface area contributed by atoms with Crippen LogP contribution >= 0.6 is 23.2 Å². The molecule has 2 aromatic rings. The van der Waals surface area contributed by atoms with Crippen LogP contribution in [0, 0.1) is 6.92 Å². The molecular weight excluding hydrogens is 395 g/mol. The molecule has 0 unspecified atom stereocenters. The fraction of sp³-hybridized carbons (Fsp3) is 0.429. The molecule has 150 valence electrons. The lowest BCUT2D eigenvalue weighted by molar-refractivity contribution is 0.208. The minimum atomic E-state index is -0.0732. The molecule has 1 N–H and O–H groups in total. The van der Waals surface area contributed by atoms with Crippen LogP contribution in [0.2, 0.25) is 10.0 Å². The van der Waals surface area contributed by atoms with E-state index in [4.69, 9.17) is 23.2 Å². The molecule has 2 amide bonds. The summed E-state index contributed by atoms with van der Waals surface area (Å²) < 4.78 is 0. The molecule has 0 spiro atoms. The average Bonchev–Trinajstić information content (AvgIpc) is 2.68. The number of amides is 2. The molecule has 1 aliphatic heterocycles. The number of hydrogen-bond donors (Lipinski definition) is 1. The first-order valence-electron chi connectivity index (χ1n) is 9.69. The lowest BCUT2D eigenvalue weighted by atomic mass is 10.0. The van der Waals surface area contributed by atoms with Crippen molar-refractivity contribution >= 4 is 40.6 Å². The molecule has 1 aliphatic rings. The Labute approximate surface area is 176 Å². The lowest BCUT2D eigenvalue weighted by Gasteiger charge is -2.36. The van der Waals surface area contributed by atoms with Gasteiger partial charge in [-0.2, -0.15) is 0 Å². The van der Waals surface area contributed by atoms with Gasteiger partial charge in [0.2, 0.25) is 0 Å². The molecule has 1 fully saturated rings. The van der Waals surface area contributed by atoms with Crippen molar-refractivity contribution in [3.05, 3.63) is 51.8 Å². The van der Waals surface area contributed by atoms with Gasteiger partial charge in [-0.3, -0.25) is 4.98 Å². The minimum Gasteiger partial charge on any atom is -0.365 e. The van der Waals surface area contributed by atoms with Crippen LogP contribution in [0.15, 0.2) is 30.6 Å². The number of unbranched alkanes of at least 4 members (excludes halogenated alkanes) is 1. The van der Waals surface area contributed by atoms with E-state index >= 15 is 0 Å². The molecule has 28 heavy (non-hydrogen) atoms. The third kappa shape index (κ3) is 4.89. The third-order valence-corrected chi connectivity index (χ3v) is 5.62. The van der Waals surface area contributed by atoms with E-state index in [1.165, 1.54) is 18.4 Å². The molecular formula is C21H26Cl2N4O. The van der Waals surface area contributed by atoms with Crippen molar-refractivity contribution in [1.29, 1.82) is 0 Å². The molecule has 1 aromatic heterocycles. The Morgan fingerprint density at radius 3 is 2.43 bits per heavy atom. The summed E-state index contributed by atoms with van der Waals surface area (Å²) in [6.07, 6.45) is 6.62. The number of halogens is 2. The van der Waals surface area contributed by atoms with Crippen LogP contribution < -0.4 is 10.2 Å². The molecule has 5 nitrogen and oxygen atoms in total. The smallest absolute Gasteiger partial charge is 0.321 e. The maximum absolute atomic E-state index is 12.7. The molecule has 0 atom stereocenters. The number of carbonyl (C=O) groups excluding carboxylic acids is 1. The number of aromatic nitrogens is 1. The number of urea groups is 1. The Morgan fingerprint density at radius 1 is 1.14 bits per heavy atom. The van der Waals surface area contributed by atoms with Crippen molar-refractivity contribution in [2.24, 2.45) is 0 Å². The van der Waals surface area contributed by atoms with Gasteiger partial charge in [0.05, 0.1) is 15.7 Å². The largest absolute Gasteiger partial charge is 0.365 e. The number of pyridine rings is 1. The lowest BCUT2D eigenvalue weighted by Crippen LogP contribution is -2.50. The van der Waals surface area contributed by atoms with E-state index in [-0.39, 0.29) is 6.03 Å². The number of benzene rings is 1. The number of nitrogens with one attached hydrogen (secondary N) is 1. The van der Waals surface area contributed by atoms with E-state index < -0.39 is 0 Å². The predicted octanol–water partition coefficient (Wildman–Crippen LogP) is 5.39. The fourth-order valence-electron chi connectivity index (χ4n) is 3.44. The first-order valence-corrected chi connectivity index (χ1v) is 10.4. The van der Waals surface area contributed by atoms with E-state index in [0.29, 0.717) is 36.2 Å². The molecule has 0 radical (unpaired) electrons. The average molecular weight is 421 g/mol. The predicted molar refractivity (Wildman–Crippen MR) is 117 cm³/mol. The van der Waals surface area contributed by atoms with Crippen molar-refractivity contribution in [3.63, 3.8) is 0 Å². The zero-order valence-electron chi connectivity index (χ0n) is 16.3. The van der Waals surface area contributed by atoms with Crippen LogP contribution in [0.4, 0.5) is 16.2 Å². The summed E-state index contributed by atoms with van der Waals surface area (Å²) in [6.45, 7) is 6.79. The Kier molecular flexibility index (Phi) is 7.03. The molecule has 0 saturated carbocycles. The Bertz CT molecular complexity index is 815. The van der Waals surface area contributed by atoms with Crippen molar-refractivity contribution in [3.8, 4) is 0 Å². The van der Waals surface area contributed by atoms with Crippen molar-refractivity contribution in [1.82, 2.24) is 9.88 Å². The molecule has 3 rings (SSSR count). The van der Waals surface area contributed by atoms with E-state index in [2.05, 4.69) is 34.3 Å². The van der Waals surface area contributed by atoms with Crippen LogP contribution in [-0.2, 0) is 6.42 Å². The highest BCUT2D eigenvalue weighted by atomic mass is 35.5. The summed E-state index contributed by atoms with van der Waals surface area (Å²) in [5.74, 6) is 0. The standard InChI is InChI=1S/C21H26Cl2N4O/c1-3-4-5-16-6-7-19(15(2)12-16)25-21(28)27-10-8-26(9-11-27)20-17(22)13-24-14-18(20)23/h6-7,12-14H,3-5,8-11H2,1-2H3,(H,25,28). The second-order valence-electron chi connectivity index (χ2n) is 7.11. The molecule has 0 bridgehead atoms. The number of carbonyl (C=O) groups is 1. The normalized spacial score (nSPS) is 14.3. The van der Waals surface area contributed by atoms with Gasteiger partial charge < -0.3 is 15.1 Å². The topological polar surface area (TPSA) is 48.5 Å². The minimum absolute atomic E-state index is 0.0732. The highest BCUT2D eigenvalue weighted by Crippen LogP contribution is 2.33. The van der Waals surface area contributed by atoms with Gasteiger partial charge in [0, 0.05) is 44.3 Å². The fourth-order valence-corrected chi connectivity index (χ4v) is 4.04. The maximum atomic E-state index is 12.7. The highest BCUT2D eigenvalue weighted by Gasteiger charge is 2.24. The summed E-state index contributed by atoms with van der Waals surface area (Å²) in [5.41, 5.74) is 4.07. The number of rotatable bonds is 5. The van der Waals surface area contributed by atoms with Gasteiger partial charge in [0.15, 0.2) is 0 Å². The number of anilines is 2. The summed E-state index contributed by atoms with van der Waals surface area (Å²) >= 11 is 12.5. The Morgan fingerprint density at radius 2 is 1.82 bits per heavy atom. The second-order valence-corrected chi connectivity index (χ2v) is 7.92. The first kappa shape index (κ1) is 20.7. The van der Waals surface area contributed by atoms with Crippen LogP contribution in [0.5, 0.6) is 0 Å². The third-order valence-electron chi connectivity index (χ3n) is 5.06.